The van der Waals surface area contributed by atoms with Crippen LogP contribution in [0.4, 0.5) is 18.0 Å². The monoisotopic (exact) mass is 955 g/mol. The number of benzene rings is 2. The van der Waals surface area contributed by atoms with Gasteiger partial charge < -0.3 is 29.3 Å². The first-order chi connectivity index (χ1) is 30.2. The standard InChI is InChI=1S/C43H50F3NO14P2S/c1-5-37(49)60-43(38(50)64-23-44)25(2)18-32-33-20-35(45)34-19-26(48)14-15-40(34,3)42(33,46)36(21-41(32,43)4)57-24-59-63(54,55)61-62(52,53)58-17-16-47-39(51)56-22-31-29-12-8-6-10-27(29)28-11-7-9-13-30(28)31/h6-15,19,25,31-33,35-36H,5,16-18,20-24H2,1-4H3,(H,47,51)(H,52,53)(H,54,55)/t25-,32+,33+,35+,36+,40+,41+,42+,43+/m1/s1. The van der Waals surface area contributed by atoms with E-state index >= 15 is 8.78 Å². The van der Waals surface area contributed by atoms with Crippen molar-refractivity contribution in [3.8, 4) is 11.1 Å². The number of phosphoric acid groups is 2. The third kappa shape index (κ3) is 8.38. The van der Waals surface area contributed by atoms with Crippen molar-refractivity contribution < 1.29 is 78.8 Å². The van der Waals surface area contributed by atoms with E-state index in [-0.39, 0.29) is 49.2 Å². The van der Waals surface area contributed by atoms with Crippen molar-refractivity contribution in [1.82, 2.24) is 5.32 Å². The Kier molecular flexibility index (Phi) is 13.7. The van der Waals surface area contributed by atoms with Gasteiger partial charge in [-0.05, 0) is 83.8 Å². The van der Waals surface area contributed by atoms with Gasteiger partial charge in [0.1, 0.15) is 18.8 Å². The lowest BCUT2D eigenvalue weighted by Gasteiger charge is -2.63. The number of ketones is 1. The van der Waals surface area contributed by atoms with Crippen LogP contribution in [0.5, 0.6) is 0 Å². The minimum atomic E-state index is -5.57. The lowest BCUT2D eigenvalue weighted by molar-refractivity contribution is -0.248. The van der Waals surface area contributed by atoms with Gasteiger partial charge in [-0.2, -0.15) is 4.31 Å². The summed E-state index contributed by atoms with van der Waals surface area (Å²) in [4.78, 5) is 72.7. The van der Waals surface area contributed by atoms with Crippen LogP contribution in [0.3, 0.4) is 0 Å². The molecule has 3 saturated carbocycles. The zero-order valence-electron chi connectivity index (χ0n) is 35.4. The molecule has 64 heavy (non-hydrogen) atoms. The third-order valence-corrected chi connectivity index (χ3v) is 17.1. The molecule has 348 valence electrons. The smallest absolute Gasteiger partial charge is 0.449 e. The van der Waals surface area contributed by atoms with Crippen LogP contribution < -0.4 is 5.32 Å². The number of amides is 1. The highest BCUT2D eigenvalue weighted by atomic mass is 32.2. The predicted octanol–water partition coefficient (Wildman–Crippen LogP) is 8.20. The predicted molar refractivity (Wildman–Crippen MR) is 225 cm³/mol. The first kappa shape index (κ1) is 48.3. The molecule has 5 aliphatic carbocycles. The van der Waals surface area contributed by atoms with E-state index in [0.29, 0.717) is 0 Å². The number of alkyl halides is 3. The molecule has 0 saturated heterocycles. The lowest BCUT2D eigenvalue weighted by Crippen LogP contribution is -2.71. The molecule has 0 bridgehead atoms. The van der Waals surface area contributed by atoms with Crippen LogP contribution in [0.15, 0.2) is 72.3 Å². The van der Waals surface area contributed by atoms with Gasteiger partial charge in [0.15, 0.2) is 23.8 Å². The molecule has 0 radical (unpaired) electrons. The molecule has 3 N–H and O–H groups in total. The van der Waals surface area contributed by atoms with Gasteiger partial charge in [-0.1, -0.05) is 75.4 Å². The molecule has 2 aromatic carbocycles. The largest absolute Gasteiger partial charge is 0.483 e. The quantitative estimate of drug-likeness (QED) is 0.0627. The Morgan fingerprint density at radius 2 is 1.61 bits per heavy atom. The first-order valence-electron chi connectivity index (χ1n) is 20.8. The second-order valence-corrected chi connectivity index (χ2v) is 21.0. The minimum Gasteiger partial charge on any atom is -0.449 e. The summed E-state index contributed by atoms with van der Waals surface area (Å²) < 4.78 is 106. The molecule has 0 heterocycles. The number of esters is 1. The Balaban J connectivity index is 1.01. The van der Waals surface area contributed by atoms with Crippen molar-refractivity contribution in [3.63, 3.8) is 0 Å². The van der Waals surface area contributed by atoms with Crippen LogP contribution in [0.25, 0.3) is 11.1 Å². The number of hydrogen-bond donors (Lipinski definition) is 3. The molecule has 11 atom stereocenters. The van der Waals surface area contributed by atoms with Crippen molar-refractivity contribution in [3.05, 3.63) is 83.5 Å². The average molecular weight is 956 g/mol. The van der Waals surface area contributed by atoms with E-state index in [1.807, 2.05) is 48.5 Å². The topological polar surface area (TPSA) is 210 Å². The van der Waals surface area contributed by atoms with E-state index in [0.717, 1.165) is 34.4 Å². The van der Waals surface area contributed by atoms with Crippen LogP contribution in [-0.4, -0.2) is 88.9 Å². The van der Waals surface area contributed by atoms with Crippen LogP contribution in [0.1, 0.15) is 70.4 Å². The summed E-state index contributed by atoms with van der Waals surface area (Å²) in [7, 11) is -11.0. The fourth-order valence-corrected chi connectivity index (χ4v) is 13.8. The fourth-order valence-electron chi connectivity index (χ4n) is 11.1. The maximum Gasteiger partial charge on any atom is 0.483 e. The Hall–Kier alpha value is -3.64. The van der Waals surface area contributed by atoms with E-state index in [2.05, 4.69) is 9.63 Å². The summed E-state index contributed by atoms with van der Waals surface area (Å²) in [6.07, 6.45) is -2.16. The molecule has 2 unspecified atom stereocenters. The normalized spacial score (nSPS) is 33.3. The van der Waals surface area contributed by atoms with Crippen molar-refractivity contribution in [2.75, 3.05) is 32.6 Å². The van der Waals surface area contributed by atoms with E-state index < -0.39 is 123 Å². The van der Waals surface area contributed by atoms with E-state index in [4.69, 9.17) is 23.3 Å². The zero-order valence-corrected chi connectivity index (χ0v) is 38.0. The lowest BCUT2D eigenvalue weighted by atomic mass is 9.44. The Bertz CT molecular complexity index is 2310. The minimum absolute atomic E-state index is 0.00717. The van der Waals surface area contributed by atoms with Gasteiger partial charge in [0.2, 0.25) is 5.12 Å². The summed E-state index contributed by atoms with van der Waals surface area (Å²) in [5.41, 5.74) is -4.17. The van der Waals surface area contributed by atoms with Gasteiger partial charge in [0.25, 0.3) is 0 Å². The van der Waals surface area contributed by atoms with Crippen LogP contribution >= 0.6 is 27.4 Å². The molecule has 0 aromatic heterocycles. The number of carbonyl (C=O) groups is 4. The molecule has 21 heteroatoms. The maximum atomic E-state index is 18.6. The number of allylic oxidation sites excluding steroid dienone is 4. The summed E-state index contributed by atoms with van der Waals surface area (Å²) >= 11 is 0.274. The number of hydrogen-bond acceptors (Lipinski definition) is 13. The number of phosphoric ester groups is 2. The number of halogens is 3. The summed E-state index contributed by atoms with van der Waals surface area (Å²) in [5, 5.41) is 1.52. The van der Waals surface area contributed by atoms with Gasteiger partial charge >= 0.3 is 27.7 Å². The van der Waals surface area contributed by atoms with Gasteiger partial charge in [-0.25, -0.2) is 27.1 Å². The summed E-state index contributed by atoms with van der Waals surface area (Å²) in [6, 6.07) is 14.3. The summed E-state index contributed by atoms with van der Waals surface area (Å²) in [5.74, 6) is -4.56. The zero-order chi connectivity index (χ0) is 46.5. The molecule has 15 nitrogen and oxygen atoms in total. The average Bonchev–Trinajstić information content (AvgIpc) is 3.67. The molecule has 3 fully saturated rings. The molecule has 0 aliphatic heterocycles. The highest BCUT2D eigenvalue weighted by Crippen LogP contribution is 2.73. The Morgan fingerprint density at radius 1 is 0.969 bits per heavy atom. The molecular formula is C43H50F3NO14P2S. The van der Waals surface area contributed by atoms with E-state index in [9.17, 15) is 42.5 Å². The number of alkyl carbamates (subject to hydrolysis) is 1. The van der Waals surface area contributed by atoms with Crippen molar-refractivity contribution in [1.29, 1.82) is 0 Å². The Morgan fingerprint density at radius 3 is 2.25 bits per heavy atom. The van der Waals surface area contributed by atoms with Crippen LogP contribution in [0.2, 0.25) is 0 Å². The first-order valence-corrected chi connectivity index (χ1v) is 24.7. The Labute approximate surface area is 372 Å². The van der Waals surface area contributed by atoms with Gasteiger partial charge in [0, 0.05) is 41.5 Å². The number of carbonyl (C=O) groups excluding carboxylic acids is 4. The van der Waals surface area contributed by atoms with Gasteiger partial charge in [-0.15, -0.1) is 0 Å². The van der Waals surface area contributed by atoms with Crippen molar-refractivity contribution in [2.45, 2.75) is 82.8 Å². The number of thioether (sulfide) groups is 1. The van der Waals surface area contributed by atoms with Gasteiger partial charge in [-0.3, -0.25) is 23.4 Å². The number of rotatable bonds is 16. The summed E-state index contributed by atoms with van der Waals surface area (Å²) in [6.45, 7) is 3.68. The van der Waals surface area contributed by atoms with E-state index in [1.54, 1.807) is 13.8 Å². The molecule has 5 aliphatic rings. The molecule has 0 spiro atoms. The third-order valence-electron chi connectivity index (χ3n) is 13.9. The number of ether oxygens (including phenoxy) is 3. The molecule has 1 amide bonds. The van der Waals surface area contributed by atoms with E-state index in [1.165, 1.54) is 19.9 Å². The second kappa shape index (κ2) is 18.2. The number of fused-ring (bicyclic) bond motifs is 8. The second-order valence-electron chi connectivity index (χ2n) is 17.1. The fraction of sp³-hybridized carbons (Fsp3) is 0.535. The SMILES string of the molecule is CCC(=O)O[C@]1(C(=O)SCF)[C@H](C)C[C@H]2[C@@H]3C[C@H](F)C4=CC(=O)C=C[C@]4(C)[C@@]3(F)[C@@H](OCOP(=O)(O)OP(=O)(O)OCCNC(=O)OCC3c4ccccc4-c4ccccc43)C[C@@]21C. The molecular weight excluding hydrogens is 905 g/mol. The molecule has 7 rings (SSSR count). The van der Waals surface area contributed by atoms with Crippen molar-refractivity contribution >= 4 is 50.4 Å². The van der Waals surface area contributed by atoms with Crippen LogP contribution in [-0.2, 0) is 51.1 Å². The highest BCUT2D eigenvalue weighted by molar-refractivity contribution is 8.13. The van der Waals surface area contributed by atoms with Gasteiger partial charge in [0.05, 0.1) is 12.7 Å². The number of nitrogens with one attached hydrogen (secondary N) is 1. The highest BCUT2D eigenvalue weighted by Gasteiger charge is 2.78. The maximum absolute atomic E-state index is 18.6. The van der Waals surface area contributed by atoms with Crippen LogP contribution in [0, 0.1) is 28.6 Å². The molecule has 2 aromatic rings. The van der Waals surface area contributed by atoms with Crippen molar-refractivity contribution in [2.24, 2.45) is 28.6 Å².